The van der Waals surface area contributed by atoms with Gasteiger partial charge in [0.2, 0.25) is 5.43 Å². The Kier molecular flexibility index (Phi) is 4.06. The van der Waals surface area contributed by atoms with Crippen molar-refractivity contribution in [3.8, 4) is 5.75 Å². The van der Waals surface area contributed by atoms with Crippen LogP contribution in [0.5, 0.6) is 5.75 Å². The first-order valence-electron chi connectivity index (χ1n) is 9.82. The number of hydrogen-bond acceptors (Lipinski definition) is 5. The Hall–Kier alpha value is -2.68. The molecule has 0 radical (unpaired) electrons. The number of ether oxygens (including phenoxy) is 1. The van der Waals surface area contributed by atoms with Crippen molar-refractivity contribution in [2.24, 2.45) is 5.92 Å². The number of nitrogens with one attached hydrogen (secondary N) is 1. The minimum atomic E-state index is -1.65. The zero-order valence-corrected chi connectivity index (χ0v) is 15.8. The van der Waals surface area contributed by atoms with E-state index in [0.29, 0.717) is 25.0 Å². The Bertz CT molecular complexity index is 1070. The van der Waals surface area contributed by atoms with Gasteiger partial charge >= 0.3 is 6.16 Å². The van der Waals surface area contributed by atoms with Gasteiger partial charge in [-0.3, -0.25) is 4.79 Å². The van der Waals surface area contributed by atoms with Crippen LogP contribution in [0.15, 0.2) is 17.1 Å². The first-order valence-corrected chi connectivity index (χ1v) is 9.82. The number of benzene rings is 1. The van der Waals surface area contributed by atoms with Crippen LogP contribution in [0.25, 0.3) is 10.9 Å². The van der Waals surface area contributed by atoms with Crippen molar-refractivity contribution >= 4 is 22.7 Å². The quantitative estimate of drug-likeness (QED) is 0.764. The molecular weight excluding hydrogens is 384 g/mol. The van der Waals surface area contributed by atoms with Crippen LogP contribution in [0.1, 0.15) is 32.2 Å². The van der Waals surface area contributed by atoms with Crippen LogP contribution in [-0.4, -0.2) is 41.0 Å². The van der Waals surface area contributed by atoms with Gasteiger partial charge in [-0.1, -0.05) is 0 Å². The van der Waals surface area contributed by atoms with Crippen molar-refractivity contribution in [1.29, 1.82) is 0 Å². The van der Waals surface area contributed by atoms with Crippen LogP contribution in [0.3, 0.4) is 0 Å². The van der Waals surface area contributed by atoms with E-state index in [1.165, 1.54) is 10.8 Å². The third-order valence-corrected chi connectivity index (χ3v) is 6.20. The van der Waals surface area contributed by atoms with Crippen LogP contribution < -0.4 is 20.4 Å². The van der Waals surface area contributed by atoms with Gasteiger partial charge in [-0.25, -0.2) is 13.6 Å². The average molecular weight is 405 g/mol. The van der Waals surface area contributed by atoms with Gasteiger partial charge < -0.3 is 24.6 Å². The van der Waals surface area contributed by atoms with E-state index in [2.05, 4.69) is 17.0 Å². The molecule has 3 fully saturated rings. The molecule has 7 nitrogen and oxygen atoms in total. The van der Waals surface area contributed by atoms with E-state index >= 15 is 8.78 Å². The maximum Gasteiger partial charge on any atom is 0.511 e. The second kappa shape index (κ2) is 6.41. The van der Waals surface area contributed by atoms with Crippen molar-refractivity contribution in [3.05, 3.63) is 34.1 Å². The van der Waals surface area contributed by atoms with E-state index in [4.69, 9.17) is 5.11 Å². The number of carboxylic acid groups (broad SMARTS) is 1. The van der Waals surface area contributed by atoms with Gasteiger partial charge in [0.25, 0.3) is 0 Å². The minimum Gasteiger partial charge on any atom is -0.449 e. The van der Waals surface area contributed by atoms with Gasteiger partial charge in [-0.2, -0.15) is 0 Å². The zero-order chi connectivity index (χ0) is 20.4. The summed E-state index contributed by atoms with van der Waals surface area (Å²) in [5.74, 6) is -1.72. The summed E-state index contributed by atoms with van der Waals surface area (Å²) < 4.78 is 36.7. The standard InChI is InChI=1S/C20H21F2N3O4/c1-9-4-10-6-24(7-14(10)23-9)18-13(21)5-12-17(16(18)22)25(11-2-3-11)8-15(19(12)26)29-20(27)28/h5,8-11,14,23H,2-4,6-7H2,1H3,(H,27,28). The van der Waals surface area contributed by atoms with E-state index in [1.807, 2.05) is 0 Å². The molecule has 0 amide bonds. The molecule has 1 saturated carbocycles. The monoisotopic (exact) mass is 405 g/mol. The SMILES string of the molecule is CC1CC2CN(c3c(F)cc4c(=O)c(OC(=O)O)cn(C5CC5)c4c3F)CC2N1. The van der Waals surface area contributed by atoms with Gasteiger partial charge in [0.1, 0.15) is 11.5 Å². The second-order valence-corrected chi connectivity index (χ2v) is 8.32. The number of halogens is 2. The smallest absolute Gasteiger partial charge is 0.449 e. The Labute approximate surface area is 164 Å². The largest absolute Gasteiger partial charge is 0.511 e. The third-order valence-electron chi connectivity index (χ3n) is 6.20. The van der Waals surface area contributed by atoms with E-state index in [-0.39, 0.29) is 28.7 Å². The normalized spacial score (nSPS) is 26.2. The summed E-state index contributed by atoms with van der Waals surface area (Å²) in [4.78, 5) is 25.2. The van der Waals surface area contributed by atoms with E-state index in [9.17, 15) is 9.59 Å². The molecule has 3 heterocycles. The second-order valence-electron chi connectivity index (χ2n) is 8.32. The Morgan fingerprint density at radius 3 is 2.72 bits per heavy atom. The molecule has 1 aromatic carbocycles. The van der Waals surface area contributed by atoms with Crippen LogP contribution >= 0.6 is 0 Å². The number of nitrogens with zero attached hydrogens (tertiary/aromatic N) is 2. The molecule has 29 heavy (non-hydrogen) atoms. The predicted molar refractivity (Wildman–Crippen MR) is 102 cm³/mol. The highest BCUT2D eigenvalue weighted by Gasteiger charge is 2.41. The van der Waals surface area contributed by atoms with E-state index < -0.39 is 29.0 Å². The molecule has 1 aliphatic carbocycles. The van der Waals surface area contributed by atoms with Crippen LogP contribution in [0.2, 0.25) is 0 Å². The molecule has 9 heteroatoms. The Morgan fingerprint density at radius 1 is 1.31 bits per heavy atom. The first-order chi connectivity index (χ1) is 13.8. The molecule has 0 bridgehead atoms. The fraction of sp³-hybridized carbons (Fsp3) is 0.500. The summed E-state index contributed by atoms with van der Waals surface area (Å²) in [6, 6.07) is 1.53. The molecular formula is C20H21F2N3O4. The molecule has 5 rings (SSSR count). The summed E-state index contributed by atoms with van der Waals surface area (Å²) in [6.45, 7) is 3.16. The molecule has 2 N–H and O–H groups in total. The highest BCUT2D eigenvalue weighted by Crippen LogP contribution is 2.41. The van der Waals surface area contributed by atoms with Gasteiger partial charge in [0, 0.05) is 31.2 Å². The van der Waals surface area contributed by atoms with Gasteiger partial charge in [-0.05, 0) is 38.2 Å². The molecule has 1 aromatic heterocycles. The number of fused-ring (bicyclic) bond motifs is 2. The summed E-state index contributed by atoms with van der Waals surface area (Å²) in [5, 5.41) is 12.1. The highest BCUT2D eigenvalue weighted by molar-refractivity contribution is 5.86. The fourth-order valence-electron chi connectivity index (χ4n) is 4.87. The van der Waals surface area contributed by atoms with Crippen LogP contribution in [0.4, 0.5) is 19.3 Å². The van der Waals surface area contributed by atoms with Crippen molar-refractivity contribution in [2.75, 3.05) is 18.0 Å². The number of hydrogen-bond donors (Lipinski definition) is 2. The maximum absolute atomic E-state index is 15.6. The molecule has 3 unspecified atom stereocenters. The van der Waals surface area contributed by atoms with Gasteiger partial charge in [0.05, 0.1) is 17.1 Å². The summed E-state index contributed by atoms with van der Waals surface area (Å²) in [5.41, 5.74) is -0.954. The van der Waals surface area contributed by atoms with Gasteiger partial charge in [0.15, 0.2) is 11.6 Å². The van der Waals surface area contributed by atoms with Crippen molar-refractivity contribution in [1.82, 2.24) is 9.88 Å². The van der Waals surface area contributed by atoms with Crippen molar-refractivity contribution in [3.63, 3.8) is 0 Å². The molecule has 154 valence electrons. The minimum absolute atomic E-state index is 0.00465. The molecule has 3 aliphatic rings. The lowest BCUT2D eigenvalue weighted by Crippen LogP contribution is -2.34. The predicted octanol–water partition coefficient (Wildman–Crippen LogP) is 2.86. The summed E-state index contributed by atoms with van der Waals surface area (Å²) in [7, 11) is 0. The van der Waals surface area contributed by atoms with E-state index in [0.717, 1.165) is 25.3 Å². The van der Waals surface area contributed by atoms with Crippen molar-refractivity contribution < 1.29 is 23.4 Å². The number of rotatable bonds is 3. The van der Waals surface area contributed by atoms with Gasteiger partial charge in [-0.15, -0.1) is 0 Å². The summed E-state index contributed by atoms with van der Waals surface area (Å²) in [6.07, 6.45) is 2.08. The average Bonchev–Trinajstić information content (AvgIpc) is 3.32. The number of anilines is 1. The van der Waals surface area contributed by atoms with Crippen molar-refractivity contribution in [2.45, 2.75) is 44.3 Å². The topological polar surface area (TPSA) is 83.8 Å². The number of pyridine rings is 1. The third kappa shape index (κ3) is 2.95. The Morgan fingerprint density at radius 2 is 2.07 bits per heavy atom. The molecule has 2 aromatic rings. The maximum atomic E-state index is 15.6. The molecule has 0 spiro atoms. The lowest BCUT2D eigenvalue weighted by atomic mass is 10.0. The number of aromatic nitrogens is 1. The Balaban J connectivity index is 1.65. The van der Waals surface area contributed by atoms with Crippen LogP contribution in [0, 0.1) is 17.6 Å². The fourth-order valence-corrected chi connectivity index (χ4v) is 4.87. The molecule has 3 atom stereocenters. The molecule has 2 aliphatic heterocycles. The lowest BCUT2D eigenvalue weighted by molar-refractivity contribution is 0.143. The zero-order valence-electron chi connectivity index (χ0n) is 15.8. The number of carbonyl (C=O) groups is 1. The molecule has 2 saturated heterocycles. The summed E-state index contributed by atoms with van der Waals surface area (Å²) >= 11 is 0. The lowest BCUT2D eigenvalue weighted by Gasteiger charge is -2.23. The van der Waals surface area contributed by atoms with E-state index in [1.54, 1.807) is 4.90 Å². The first kappa shape index (κ1) is 18.4. The van der Waals surface area contributed by atoms with Crippen LogP contribution in [-0.2, 0) is 0 Å². The highest BCUT2D eigenvalue weighted by atomic mass is 19.1.